The molecule has 3 amide bonds. The van der Waals surface area contributed by atoms with Gasteiger partial charge in [0, 0.05) is 53.2 Å². The van der Waals surface area contributed by atoms with Crippen LogP contribution in [0.1, 0.15) is 61.9 Å². The number of hydrogen-bond acceptors (Lipinski definition) is 4. The highest BCUT2D eigenvalue weighted by Gasteiger charge is 2.13. The lowest BCUT2D eigenvalue weighted by molar-refractivity contribution is 0.102. The van der Waals surface area contributed by atoms with Gasteiger partial charge < -0.3 is 30.2 Å². The van der Waals surface area contributed by atoms with Gasteiger partial charge in [-0.1, -0.05) is 20.3 Å². The molecule has 8 nitrogen and oxygen atoms in total. The van der Waals surface area contributed by atoms with E-state index in [-0.39, 0.29) is 18.0 Å². The first-order valence-electron chi connectivity index (χ1n) is 15.5. The number of rotatable bonds is 11. The number of carbonyl (C=O) groups is 2. The van der Waals surface area contributed by atoms with Crippen LogP contribution in [0.25, 0.3) is 10.9 Å². The summed E-state index contributed by atoms with van der Waals surface area (Å²) in [5.74, 6) is 1.20. The second-order valence-corrected chi connectivity index (χ2v) is 11.4. The molecular formula is C35H43N5O3. The summed E-state index contributed by atoms with van der Waals surface area (Å²) in [4.78, 5) is 27.8. The molecule has 0 aliphatic carbocycles. The number of benzene rings is 3. The van der Waals surface area contributed by atoms with Crippen LogP contribution in [-0.4, -0.2) is 47.1 Å². The van der Waals surface area contributed by atoms with Gasteiger partial charge in [-0.05, 0) is 118 Å². The highest BCUT2D eigenvalue weighted by atomic mass is 16.5. The Kier molecular flexibility index (Phi) is 10.00. The molecule has 0 atom stereocenters. The van der Waals surface area contributed by atoms with Gasteiger partial charge in [0.1, 0.15) is 11.5 Å². The van der Waals surface area contributed by atoms with Crippen molar-refractivity contribution in [1.29, 1.82) is 0 Å². The topological polar surface area (TPSA) is 87.6 Å². The van der Waals surface area contributed by atoms with Gasteiger partial charge in [0.2, 0.25) is 0 Å². The summed E-state index contributed by atoms with van der Waals surface area (Å²) in [6, 6.07) is 20.8. The minimum absolute atomic E-state index is 0.146. The van der Waals surface area contributed by atoms with Crippen LogP contribution in [0.5, 0.6) is 11.5 Å². The predicted molar refractivity (Wildman–Crippen MR) is 174 cm³/mol. The number of likely N-dealkylation sites (tertiary alicyclic amines) is 1. The van der Waals surface area contributed by atoms with Crippen LogP contribution in [0.2, 0.25) is 0 Å². The van der Waals surface area contributed by atoms with E-state index in [4.69, 9.17) is 4.74 Å². The molecule has 43 heavy (non-hydrogen) atoms. The maximum atomic E-state index is 13.1. The normalized spacial score (nSPS) is 13.7. The summed E-state index contributed by atoms with van der Waals surface area (Å²) < 4.78 is 8.36. The Morgan fingerprint density at radius 1 is 0.837 bits per heavy atom. The third kappa shape index (κ3) is 7.96. The molecule has 1 fully saturated rings. The van der Waals surface area contributed by atoms with Gasteiger partial charge in [0.25, 0.3) is 5.91 Å². The lowest BCUT2D eigenvalue weighted by Gasteiger charge is -2.26. The van der Waals surface area contributed by atoms with Crippen molar-refractivity contribution in [2.75, 3.05) is 30.3 Å². The SMILES string of the molecule is CCC(CC)NC(=O)Nc1ccc(Oc2ccc(NC(=O)c3ccc4c(ccn4CCN4CCCCC4)c3)cc2C)cc1. The number of aryl methyl sites for hydroxylation is 1. The molecule has 0 unspecified atom stereocenters. The predicted octanol–water partition coefficient (Wildman–Crippen LogP) is 7.79. The van der Waals surface area contributed by atoms with Crippen LogP contribution in [-0.2, 0) is 6.54 Å². The Bertz CT molecular complexity index is 1540. The van der Waals surface area contributed by atoms with Gasteiger partial charge in [-0.15, -0.1) is 0 Å². The first-order valence-corrected chi connectivity index (χ1v) is 15.5. The zero-order valence-corrected chi connectivity index (χ0v) is 25.5. The monoisotopic (exact) mass is 581 g/mol. The fraction of sp³-hybridized carbons (Fsp3) is 0.371. The van der Waals surface area contributed by atoms with E-state index in [9.17, 15) is 9.59 Å². The lowest BCUT2D eigenvalue weighted by atomic mass is 10.1. The molecule has 0 saturated carbocycles. The summed E-state index contributed by atoms with van der Waals surface area (Å²) in [5.41, 5.74) is 4.07. The second kappa shape index (κ2) is 14.2. The number of hydrogen-bond donors (Lipinski definition) is 3. The molecule has 1 saturated heterocycles. The van der Waals surface area contributed by atoms with Crippen molar-refractivity contribution >= 4 is 34.2 Å². The Hall–Kier alpha value is -4.30. The highest BCUT2D eigenvalue weighted by Crippen LogP contribution is 2.29. The van der Waals surface area contributed by atoms with Crippen molar-refractivity contribution in [1.82, 2.24) is 14.8 Å². The quantitative estimate of drug-likeness (QED) is 0.169. The van der Waals surface area contributed by atoms with Gasteiger partial charge in [-0.25, -0.2) is 4.79 Å². The largest absolute Gasteiger partial charge is 0.457 e. The maximum Gasteiger partial charge on any atom is 0.319 e. The van der Waals surface area contributed by atoms with Gasteiger partial charge >= 0.3 is 6.03 Å². The van der Waals surface area contributed by atoms with Crippen LogP contribution in [0.15, 0.2) is 72.9 Å². The van der Waals surface area contributed by atoms with Crippen molar-refractivity contribution in [3.8, 4) is 11.5 Å². The minimum atomic E-state index is -0.211. The molecule has 3 aromatic carbocycles. The first kappa shape index (κ1) is 30.2. The van der Waals surface area contributed by atoms with E-state index in [2.05, 4.69) is 51.5 Å². The molecule has 226 valence electrons. The minimum Gasteiger partial charge on any atom is -0.457 e. The molecule has 1 aliphatic rings. The summed E-state index contributed by atoms with van der Waals surface area (Å²) in [6.07, 6.45) is 7.85. The molecule has 0 bridgehead atoms. The molecule has 0 spiro atoms. The number of urea groups is 1. The van der Waals surface area contributed by atoms with E-state index in [1.165, 1.54) is 32.4 Å². The van der Waals surface area contributed by atoms with E-state index in [1.807, 2.05) is 67.6 Å². The summed E-state index contributed by atoms with van der Waals surface area (Å²) in [6.45, 7) is 10.5. The third-order valence-electron chi connectivity index (χ3n) is 8.23. The number of aromatic nitrogens is 1. The average molecular weight is 582 g/mol. The smallest absolute Gasteiger partial charge is 0.319 e. The number of fused-ring (bicyclic) bond motifs is 1. The molecule has 3 N–H and O–H groups in total. The zero-order valence-electron chi connectivity index (χ0n) is 25.5. The van der Waals surface area contributed by atoms with Crippen molar-refractivity contribution < 1.29 is 14.3 Å². The van der Waals surface area contributed by atoms with Crippen molar-refractivity contribution in [2.45, 2.75) is 65.5 Å². The zero-order chi connectivity index (χ0) is 30.2. The molecular weight excluding hydrogens is 538 g/mol. The van der Waals surface area contributed by atoms with Gasteiger partial charge in [0.15, 0.2) is 0 Å². The standard InChI is InChI=1S/C35H43N5O3/c1-4-28(5-2)37-35(42)38-29-10-13-31(14-11-29)43-33-16-12-30(23-25(33)3)36-34(41)27-9-15-32-26(24-27)17-20-40(32)22-21-39-18-7-6-8-19-39/h9-17,20,23-24,28H,4-8,18-19,21-22H2,1-3H3,(H,36,41)(H2,37,38,42). The molecule has 5 rings (SSSR count). The van der Waals surface area contributed by atoms with E-state index < -0.39 is 0 Å². The van der Waals surface area contributed by atoms with Crippen molar-refractivity contribution in [3.05, 3.63) is 84.1 Å². The van der Waals surface area contributed by atoms with Crippen LogP contribution >= 0.6 is 0 Å². The number of nitrogens with zero attached hydrogens (tertiary/aromatic N) is 2. The Morgan fingerprint density at radius 3 is 2.30 bits per heavy atom. The summed E-state index contributed by atoms with van der Waals surface area (Å²) in [5, 5.41) is 9.92. The Morgan fingerprint density at radius 2 is 1.58 bits per heavy atom. The number of nitrogens with one attached hydrogen (secondary N) is 3. The molecule has 8 heteroatoms. The first-order chi connectivity index (χ1) is 20.9. The van der Waals surface area contributed by atoms with Crippen molar-refractivity contribution in [2.24, 2.45) is 0 Å². The fourth-order valence-electron chi connectivity index (χ4n) is 5.59. The van der Waals surface area contributed by atoms with Crippen molar-refractivity contribution in [3.63, 3.8) is 0 Å². The number of piperidine rings is 1. The molecule has 1 aromatic heterocycles. The van der Waals surface area contributed by atoms with E-state index >= 15 is 0 Å². The van der Waals surface area contributed by atoms with Gasteiger partial charge in [-0.3, -0.25) is 4.79 Å². The highest BCUT2D eigenvalue weighted by molar-refractivity contribution is 6.06. The van der Waals surface area contributed by atoms with Crippen LogP contribution in [0.3, 0.4) is 0 Å². The van der Waals surface area contributed by atoms with Crippen LogP contribution in [0.4, 0.5) is 16.2 Å². The number of carbonyl (C=O) groups excluding carboxylic acids is 2. The Labute approximate surface area is 254 Å². The van der Waals surface area contributed by atoms with Crippen LogP contribution in [0, 0.1) is 6.92 Å². The average Bonchev–Trinajstić information content (AvgIpc) is 3.43. The number of ether oxygens (including phenoxy) is 1. The molecule has 2 heterocycles. The van der Waals surface area contributed by atoms with Crippen LogP contribution < -0.4 is 20.7 Å². The van der Waals surface area contributed by atoms with E-state index in [0.29, 0.717) is 28.4 Å². The number of amides is 3. The maximum absolute atomic E-state index is 13.1. The molecule has 0 radical (unpaired) electrons. The third-order valence-corrected chi connectivity index (χ3v) is 8.23. The summed E-state index contributed by atoms with van der Waals surface area (Å²) >= 11 is 0. The van der Waals surface area contributed by atoms with E-state index in [1.54, 1.807) is 0 Å². The Balaban J connectivity index is 1.16. The fourth-order valence-corrected chi connectivity index (χ4v) is 5.59. The number of anilines is 2. The van der Waals surface area contributed by atoms with Gasteiger partial charge in [0.05, 0.1) is 0 Å². The second-order valence-electron chi connectivity index (χ2n) is 11.4. The van der Waals surface area contributed by atoms with E-state index in [0.717, 1.165) is 42.4 Å². The lowest BCUT2D eigenvalue weighted by Crippen LogP contribution is -2.37. The molecule has 4 aromatic rings. The van der Waals surface area contributed by atoms with Gasteiger partial charge in [-0.2, -0.15) is 0 Å². The molecule has 1 aliphatic heterocycles. The summed E-state index contributed by atoms with van der Waals surface area (Å²) in [7, 11) is 0.